The number of esters is 1. The molecule has 3 nitrogen and oxygen atoms in total. The average Bonchev–Trinajstić information content (AvgIpc) is 2.77. The largest absolute Gasteiger partial charge is 0.469 e. The first-order valence-corrected chi connectivity index (χ1v) is 6.55. The zero-order valence-corrected chi connectivity index (χ0v) is 10.8. The molecule has 3 heteroatoms. The van der Waals surface area contributed by atoms with E-state index in [9.17, 15) is 9.90 Å². The summed E-state index contributed by atoms with van der Waals surface area (Å²) >= 11 is 0. The molecule has 0 amide bonds. The molecule has 0 saturated heterocycles. The van der Waals surface area contributed by atoms with Crippen LogP contribution < -0.4 is 0 Å². The van der Waals surface area contributed by atoms with Crippen molar-refractivity contribution in [2.45, 2.75) is 38.2 Å². The number of carbonyl (C=O) groups is 1. The molecule has 2 aliphatic rings. The number of benzene rings is 1. The topological polar surface area (TPSA) is 46.5 Å². The number of fused-ring (bicyclic) bond motifs is 1. The fourth-order valence-corrected chi connectivity index (χ4v) is 2.50. The Morgan fingerprint density at radius 1 is 1.22 bits per heavy atom. The third-order valence-electron chi connectivity index (χ3n) is 3.77. The smallest absolute Gasteiger partial charge is 0.311 e. The third kappa shape index (κ3) is 2.91. The van der Waals surface area contributed by atoms with Gasteiger partial charge < -0.3 is 9.84 Å². The predicted octanol–water partition coefficient (Wildman–Crippen LogP) is 2.11. The van der Waals surface area contributed by atoms with E-state index in [0.717, 1.165) is 19.3 Å². The Bertz CT molecular complexity index is 391. The van der Waals surface area contributed by atoms with Gasteiger partial charge in [-0.3, -0.25) is 4.79 Å². The second kappa shape index (κ2) is 6.01. The van der Waals surface area contributed by atoms with Crippen LogP contribution in [0.5, 0.6) is 0 Å². The lowest BCUT2D eigenvalue weighted by molar-refractivity contribution is -0.148. The molecule has 0 aliphatic heterocycles. The van der Waals surface area contributed by atoms with Gasteiger partial charge in [-0.2, -0.15) is 0 Å². The molecule has 0 spiro atoms. The van der Waals surface area contributed by atoms with Gasteiger partial charge in [0.05, 0.1) is 19.1 Å². The van der Waals surface area contributed by atoms with Crippen LogP contribution in [0.25, 0.3) is 0 Å². The van der Waals surface area contributed by atoms with E-state index >= 15 is 0 Å². The number of hydrogen-bond donors (Lipinski definition) is 1. The van der Waals surface area contributed by atoms with E-state index < -0.39 is 6.10 Å². The van der Waals surface area contributed by atoms with Gasteiger partial charge in [0.15, 0.2) is 0 Å². The highest BCUT2D eigenvalue weighted by Crippen LogP contribution is 2.26. The van der Waals surface area contributed by atoms with Crippen molar-refractivity contribution in [3.05, 3.63) is 35.4 Å². The Morgan fingerprint density at radius 3 is 2.17 bits per heavy atom. The number of carbonyl (C=O) groups excluding carboxylic acids is 1. The minimum Gasteiger partial charge on any atom is -0.469 e. The van der Waals surface area contributed by atoms with Gasteiger partial charge in [0.25, 0.3) is 0 Å². The highest BCUT2D eigenvalue weighted by atomic mass is 16.5. The van der Waals surface area contributed by atoms with E-state index in [1.165, 1.54) is 20.0 Å². The lowest BCUT2D eigenvalue weighted by Gasteiger charge is -2.16. The second-order valence-corrected chi connectivity index (χ2v) is 4.90. The summed E-state index contributed by atoms with van der Waals surface area (Å²) in [5.74, 6) is -0.532. The van der Waals surface area contributed by atoms with Crippen LogP contribution in [-0.4, -0.2) is 24.3 Å². The van der Waals surface area contributed by atoms with Crippen molar-refractivity contribution < 1.29 is 14.6 Å². The minimum absolute atomic E-state index is 0.259. The van der Waals surface area contributed by atoms with E-state index in [1.807, 2.05) is 0 Å². The van der Waals surface area contributed by atoms with Crippen LogP contribution in [0.15, 0.2) is 24.3 Å². The van der Waals surface area contributed by atoms with Crippen LogP contribution in [0.1, 0.15) is 30.4 Å². The number of ether oxygens (including phenoxy) is 1. The Labute approximate surface area is 108 Å². The molecule has 0 aromatic heterocycles. The zero-order chi connectivity index (χ0) is 13.0. The fraction of sp³-hybridized carbons (Fsp3) is 0.533. The number of aliphatic hydroxyl groups is 1. The molecule has 0 radical (unpaired) electrons. The van der Waals surface area contributed by atoms with Crippen molar-refractivity contribution in [1.29, 1.82) is 0 Å². The molecular weight excluding hydrogens is 228 g/mol. The Hall–Kier alpha value is -1.35. The number of aliphatic hydroxyl groups excluding tert-OH is 1. The van der Waals surface area contributed by atoms with Crippen LogP contribution in [0, 0.1) is 5.92 Å². The normalized spacial score (nSPS) is 24.3. The van der Waals surface area contributed by atoms with Crippen LogP contribution >= 0.6 is 0 Å². The minimum atomic E-state index is -0.465. The van der Waals surface area contributed by atoms with E-state index in [-0.39, 0.29) is 11.9 Å². The van der Waals surface area contributed by atoms with Crippen molar-refractivity contribution >= 4 is 5.97 Å². The summed E-state index contributed by atoms with van der Waals surface area (Å²) in [5.41, 5.74) is 3.10. The maximum absolute atomic E-state index is 10.8. The van der Waals surface area contributed by atoms with Crippen molar-refractivity contribution in [3.63, 3.8) is 0 Å². The summed E-state index contributed by atoms with van der Waals surface area (Å²) < 4.78 is 4.51. The molecule has 98 valence electrons. The summed E-state index contributed by atoms with van der Waals surface area (Å²) in [6.45, 7) is 0. The van der Waals surface area contributed by atoms with Crippen LogP contribution in [0.2, 0.25) is 0 Å². The first-order chi connectivity index (χ1) is 8.72. The summed E-state index contributed by atoms with van der Waals surface area (Å²) in [5, 5.41) is 9.19. The summed E-state index contributed by atoms with van der Waals surface area (Å²) in [6.07, 6.45) is 4.58. The quantitative estimate of drug-likeness (QED) is 0.774. The zero-order valence-electron chi connectivity index (χ0n) is 10.8. The third-order valence-corrected chi connectivity index (χ3v) is 3.77. The van der Waals surface area contributed by atoms with Gasteiger partial charge in [0.1, 0.15) is 0 Å². The molecule has 0 heterocycles. The predicted molar refractivity (Wildman–Crippen MR) is 69.2 cm³/mol. The van der Waals surface area contributed by atoms with Gasteiger partial charge in [-0.15, -0.1) is 0 Å². The Balaban J connectivity index is 0.000000136. The molecule has 3 rings (SSSR count). The summed E-state index contributed by atoms with van der Waals surface area (Å²) in [4.78, 5) is 10.8. The standard InChI is InChI=1S/C8H8.C7H12O3/c1-2-4-8-6-5-7(8)3-1;1-10-7(9)5-3-2-4-6(5)8/h1-4H,5-6H2;5-6,8H,2-4H2,1H3. The maximum atomic E-state index is 10.8. The Kier molecular flexibility index (Phi) is 4.37. The molecule has 1 N–H and O–H groups in total. The second-order valence-electron chi connectivity index (χ2n) is 4.90. The van der Waals surface area contributed by atoms with E-state index in [2.05, 4.69) is 29.0 Å². The maximum Gasteiger partial charge on any atom is 0.311 e. The Morgan fingerprint density at radius 2 is 1.83 bits per heavy atom. The van der Waals surface area contributed by atoms with Crippen LogP contribution in [-0.2, 0) is 22.4 Å². The molecular formula is C15H20O3. The number of hydrogen-bond acceptors (Lipinski definition) is 3. The lowest BCUT2D eigenvalue weighted by atomic mass is 9.89. The molecule has 2 atom stereocenters. The highest BCUT2D eigenvalue weighted by Gasteiger charge is 2.31. The molecule has 1 saturated carbocycles. The first kappa shape index (κ1) is 13.1. The number of aryl methyl sites for hydroxylation is 2. The van der Waals surface area contributed by atoms with Gasteiger partial charge in [-0.05, 0) is 43.2 Å². The molecule has 1 aromatic carbocycles. The van der Waals surface area contributed by atoms with Crippen molar-refractivity contribution in [3.8, 4) is 0 Å². The monoisotopic (exact) mass is 248 g/mol. The van der Waals surface area contributed by atoms with Gasteiger partial charge in [-0.1, -0.05) is 24.3 Å². The van der Waals surface area contributed by atoms with Crippen molar-refractivity contribution in [2.75, 3.05) is 7.11 Å². The fourth-order valence-electron chi connectivity index (χ4n) is 2.50. The summed E-state index contributed by atoms with van der Waals surface area (Å²) in [7, 11) is 1.35. The van der Waals surface area contributed by atoms with Gasteiger partial charge in [-0.25, -0.2) is 0 Å². The number of methoxy groups -OCH3 is 1. The van der Waals surface area contributed by atoms with Crippen LogP contribution in [0.3, 0.4) is 0 Å². The van der Waals surface area contributed by atoms with Gasteiger partial charge in [0.2, 0.25) is 0 Å². The van der Waals surface area contributed by atoms with E-state index in [0.29, 0.717) is 0 Å². The van der Waals surface area contributed by atoms with E-state index in [4.69, 9.17) is 0 Å². The highest BCUT2D eigenvalue weighted by molar-refractivity contribution is 5.73. The SMILES string of the molecule is COC(=O)C1CCCC1O.c1ccc2c(c1)CC2. The molecule has 1 aromatic rings. The molecule has 1 fully saturated rings. The van der Waals surface area contributed by atoms with Crippen LogP contribution in [0.4, 0.5) is 0 Å². The van der Waals surface area contributed by atoms with Gasteiger partial charge in [0, 0.05) is 0 Å². The molecule has 2 aliphatic carbocycles. The molecule has 0 bridgehead atoms. The first-order valence-electron chi connectivity index (χ1n) is 6.55. The van der Waals surface area contributed by atoms with Gasteiger partial charge >= 0.3 is 5.97 Å². The van der Waals surface area contributed by atoms with E-state index in [1.54, 1.807) is 11.1 Å². The lowest BCUT2D eigenvalue weighted by Crippen LogP contribution is -2.23. The molecule has 2 unspecified atom stereocenters. The number of rotatable bonds is 1. The average molecular weight is 248 g/mol. The van der Waals surface area contributed by atoms with Crippen molar-refractivity contribution in [1.82, 2.24) is 0 Å². The summed E-state index contributed by atoms with van der Waals surface area (Å²) in [6, 6.07) is 8.63. The van der Waals surface area contributed by atoms with Crippen molar-refractivity contribution in [2.24, 2.45) is 5.92 Å². The molecule has 18 heavy (non-hydrogen) atoms.